The lowest BCUT2D eigenvalue weighted by atomic mass is 9.96. The molecule has 0 bridgehead atoms. The third-order valence-electron chi connectivity index (χ3n) is 5.25. The van der Waals surface area contributed by atoms with Gasteiger partial charge in [0.2, 0.25) is 0 Å². The number of hydrogen-bond acceptors (Lipinski definition) is 1. The van der Waals surface area contributed by atoms with E-state index in [1.54, 1.807) is 0 Å². The van der Waals surface area contributed by atoms with Gasteiger partial charge in [-0.3, -0.25) is 0 Å². The highest BCUT2D eigenvalue weighted by Crippen LogP contribution is 2.37. The zero-order chi connectivity index (χ0) is 17.7. The van der Waals surface area contributed by atoms with E-state index >= 15 is 0 Å². The molecule has 1 heteroatoms. The third-order valence-corrected chi connectivity index (χ3v) is 5.25. The van der Waals surface area contributed by atoms with Crippen LogP contribution in [0.15, 0.2) is 83.3 Å². The average Bonchev–Trinajstić information content (AvgIpc) is 3.05. The highest BCUT2D eigenvalue weighted by molar-refractivity contribution is 6.08. The summed E-state index contributed by atoms with van der Waals surface area (Å²) in [7, 11) is 0. The van der Waals surface area contributed by atoms with Crippen LogP contribution < -0.4 is 0 Å². The van der Waals surface area contributed by atoms with Crippen molar-refractivity contribution in [3.8, 4) is 11.1 Å². The monoisotopic (exact) mass is 336 g/mol. The molecule has 126 valence electrons. The van der Waals surface area contributed by atoms with Gasteiger partial charge >= 0.3 is 0 Å². The molecular formula is C25H20O. The molecular weight excluding hydrogens is 316 g/mol. The highest BCUT2D eigenvalue weighted by atomic mass is 16.3. The maximum absolute atomic E-state index is 6.22. The summed E-state index contributed by atoms with van der Waals surface area (Å²) < 4.78 is 6.22. The number of benzene rings is 4. The normalized spacial score (nSPS) is 11.8. The summed E-state index contributed by atoms with van der Waals surface area (Å²) in [6.45, 7) is 4.42. The summed E-state index contributed by atoms with van der Waals surface area (Å²) in [5.41, 5.74) is 5.74. The van der Waals surface area contributed by atoms with Gasteiger partial charge in [0.05, 0.1) is 0 Å². The summed E-state index contributed by atoms with van der Waals surface area (Å²) in [4.78, 5) is 0. The summed E-state index contributed by atoms with van der Waals surface area (Å²) >= 11 is 0. The molecule has 1 nitrogen and oxygen atoms in total. The van der Waals surface area contributed by atoms with Crippen LogP contribution in [0.1, 0.15) is 25.3 Å². The van der Waals surface area contributed by atoms with E-state index in [4.69, 9.17) is 4.42 Å². The molecule has 0 N–H and O–H groups in total. The van der Waals surface area contributed by atoms with Gasteiger partial charge < -0.3 is 4.42 Å². The molecule has 1 aromatic heterocycles. The summed E-state index contributed by atoms with van der Waals surface area (Å²) in [5, 5.41) is 4.94. The quantitative estimate of drug-likeness (QED) is 0.325. The fourth-order valence-corrected chi connectivity index (χ4v) is 3.92. The zero-order valence-electron chi connectivity index (χ0n) is 15.0. The van der Waals surface area contributed by atoms with Crippen molar-refractivity contribution in [3.63, 3.8) is 0 Å². The smallest absolute Gasteiger partial charge is 0.138 e. The molecule has 0 saturated carbocycles. The van der Waals surface area contributed by atoms with Gasteiger partial charge in [-0.15, -0.1) is 0 Å². The van der Waals surface area contributed by atoms with Crippen LogP contribution in [-0.4, -0.2) is 0 Å². The van der Waals surface area contributed by atoms with E-state index in [1.165, 1.54) is 38.2 Å². The van der Waals surface area contributed by atoms with Crippen molar-refractivity contribution >= 4 is 32.7 Å². The van der Waals surface area contributed by atoms with E-state index in [0.29, 0.717) is 5.92 Å². The van der Waals surface area contributed by atoms with Crippen molar-refractivity contribution in [1.29, 1.82) is 0 Å². The Labute approximate surface area is 152 Å². The number of furan rings is 1. The van der Waals surface area contributed by atoms with Crippen molar-refractivity contribution in [2.75, 3.05) is 0 Å². The van der Waals surface area contributed by atoms with E-state index in [-0.39, 0.29) is 0 Å². The van der Waals surface area contributed by atoms with Crippen molar-refractivity contribution in [2.45, 2.75) is 19.8 Å². The molecule has 0 aliphatic rings. The fraction of sp³-hybridized carbons (Fsp3) is 0.120. The second-order valence-electron chi connectivity index (χ2n) is 7.22. The van der Waals surface area contributed by atoms with Gasteiger partial charge in [-0.05, 0) is 45.5 Å². The minimum atomic E-state index is 0.441. The van der Waals surface area contributed by atoms with Gasteiger partial charge in [0.1, 0.15) is 11.2 Å². The van der Waals surface area contributed by atoms with Crippen molar-refractivity contribution in [3.05, 3.63) is 84.4 Å². The lowest BCUT2D eigenvalue weighted by Gasteiger charge is -2.07. The maximum atomic E-state index is 6.22. The lowest BCUT2D eigenvalue weighted by molar-refractivity contribution is 0.657. The molecule has 5 aromatic rings. The van der Waals surface area contributed by atoms with Crippen LogP contribution >= 0.6 is 0 Å². The van der Waals surface area contributed by atoms with Crippen LogP contribution in [0.4, 0.5) is 0 Å². The molecule has 0 aliphatic heterocycles. The van der Waals surface area contributed by atoms with Crippen LogP contribution in [0.25, 0.3) is 43.8 Å². The number of hydrogen-bond donors (Lipinski definition) is 0. The molecule has 0 saturated heterocycles. The Kier molecular flexibility index (Phi) is 3.36. The first-order valence-corrected chi connectivity index (χ1v) is 9.16. The lowest BCUT2D eigenvalue weighted by Crippen LogP contribution is -1.86. The van der Waals surface area contributed by atoms with Crippen molar-refractivity contribution in [2.24, 2.45) is 0 Å². The molecule has 0 aliphatic carbocycles. The zero-order valence-corrected chi connectivity index (χ0v) is 15.0. The Hall–Kier alpha value is -3.06. The van der Waals surface area contributed by atoms with Crippen LogP contribution in [0.2, 0.25) is 0 Å². The summed E-state index contributed by atoms with van der Waals surface area (Å²) in [6, 6.07) is 28.1. The van der Waals surface area contributed by atoms with Crippen molar-refractivity contribution < 1.29 is 4.42 Å². The predicted molar refractivity (Wildman–Crippen MR) is 111 cm³/mol. The number of fused-ring (bicyclic) bond motifs is 4. The maximum Gasteiger partial charge on any atom is 0.138 e. The van der Waals surface area contributed by atoms with Crippen LogP contribution in [0.3, 0.4) is 0 Å². The Bertz CT molecular complexity index is 1250. The molecule has 5 rings (SSSR count). The first-order valence-electron chi connectivity index (χ1n) is 9.16. The third kappa shape index (κ3) is 2.24. The first kappa shape index (κ1) is 15.2. The molecule has 0 fully saturated rings. The van der Waals surface area contributed by atoms with Crippen LogP contribution in [0.5, 0.6) is 0 Å². The van der Waals surface area contributed by atoms with Gasteiger partial charge in [0.25, 0.3) is 0 Å². The first-order chi connectivity index (χ1) is 12.7. The predicted octanol–water partition coefficient (Wildman–Crippen LogP) is 7.53. The average molecular weight is 336 g/mol. The Balaban J connectivity index is 1.80. The summed E-state index contributed by atoms with van der Waals surface area (Å²) in [6.07, 6.45) is 0. The number of para-hydroxylation sites is 1. The van der Waals surface area contributed by atoms with Crippen LogP contribution in [0, 0.1) is 0 Å². The Morgan fingerprint density at radius 2 is 1.46 bits per heavy atom. The molecule has 26 heavy (non-hydrogen) atoms. The molecule has 1 heterocycles. The van der Waals surface area contributed by atoms with E-state index in [0.717, 1.165) is 11.2 Å². The second-order valence-corrected chi connectivity index (χ2v) is 7.22. The Morgan fingerprint density at radius 1 is 0.692 bits per heavy atom. The van der Waals surface area contributed by atoms with E-state index in [1.807, 2.05) is 0 Å². The van der Waals surface area contributed by atoms with Crippen molar-refractivity contribution in [1.82, 2.24) is 0 Å². The fourth-order valence-electron chi connectivity index (χ4n) is 3.92. The van der Waals surface area contributed by atoms with Gasteiger partial charge in [-0.25, -0.2) is 0 Å². The Morgan fingerprint density at radius 3 is 2.35 bits per heavy atom. The molecule has 4 aromatic carbocycles. The SMILES string of the molecule is CC(C)c1cccc2c1oc1ccc(-c3cccc4ccccc34)cc12. The number of rotatable bonds is 2. The molecule has 0 spiro atoms. The van der Waals surface area contributed by atoms with E-state index in [2.05, 4.69) is 92.7 Å². The molecule has 0 unspecified atom stereocenters. The molecule has 0 amide bonds. The van der Waals surface area contributed by atoms with Gasteiger partial charge in [0.15, 0.2) is 0 Å². The van der Waals surface area contributed by atoms with Crippen LogP contribution in [-0.2, 0) is 0 Å². The minimum absolute atomic E-state index is 0.441. The standard InChI is InChI=1S/C25H20O/c1-16(2)19-10-6-12-22-23-15-18(13-14-24(23)26-25(19)22)21-11-5-8-17-7-3-4-9-20(17)21/h3-16H,1-2H3. The summed E-state index contributed by atoms with van der Waals surface area (Å²) in [5.74, 6) is 0.441. The van der Waals surface area contributed by atoms with E-state index in [9.17, 15) is 0 Å². The molecule has 0 atom stereocenters. The molecule has 0 radical (unpaired) electrons. The van der Waals surface area contributed by atoms with Gasteiger partial charge in [0, 0.05) is 10.8 Å². The second kappa shape index (κ2) is 5.74. The topological polar surface area (TPSA) is 13.1 Å². The van der Waals surface area contributed by atoms with Gasteiger partial charge in [-0.2, -0.15) is 0 Å². The highest BCUT2D eigenvalue weighted by Gasteiger charge is 2.14. The minimum Gasteiger partial charge on any atom is -0.456 e. The van der Waals surface area contributed by atoms with Gasteiger partial charge in [-0.1, -0.05) is 80.6 Å². The van der Waals surface area contributed by atoms with E-state index < -0.39 is 0 Å². The largest absolute Gasteiger partial charge is 0.456 e.